The van der Waals surface area contributed by atoms with Crippen molar-refractivity contribution in [2.45, 2.75) is 37.6 Å². The molecule has 78 valence electrons. The fourth-order valence-corrected chi connectivity index (χ4v) is 4.55. The molecule has 1 amide bonds. The number of nitrogens with two attached hydrogens (primary N) is 2. The van der Waals surface area contributed by atoms with Crippen LogP contribution in [0.15, 0.2) is 0 Å². The molecule has 0 aromatic rings. The molecule has 0 aliphatic heterocycles. The second-order valence-electron chi connectivity index (χ2n) is 5.76. The normalized spacial score (nSPS) is 54.9. The summed E-state index contributed by atoms with van der Waals surface area (Å²) in [6.45, 7) is 0. The molecule has 5 atom stereocenters. The van der Waals surface area contributed by atoms with Crippen LogP contribution in [0.1, 0.15) is 32.1 Å². The highest BCUT2D eigenvalue weighted by Gasteiger charge is 2.55. The van der Waals surface area contributed by atoms with Crippen molar-refractivity contribution in [2.75, 3.05) is 0 Å². The molecule has 4 N–H and O–H groups in total. The molecule has 3 heteroatoms. The number of carbonyl (C=O) groups is 1. The molecule has 0 aromatic heterocycles. The van der Waals surface area contributed by atoms with Gasteiger partial charge in [0.05, 0.1) is 0 Å². The van der Waals surface area contributed by atoms with E-state index in [0.29, 0.717) is 11.8 Å². The van der Waals surface area contributed by atoms with Gasteiger partial charge in [0.25, 0.3) is 0 Å². The van der Waals surface area contributed by atoms with E-state index in [-0.39, 0.29) is 17.4 Å². The highest BCUT2D eigenvalue weighted by molar-refractivity contribution is 5.77. The van der Waals surface area contributed by atoms with Crippen LogP contribution < -0.4 is 11.5 Å². The predicted octanol–water partition coefficient (Wildman–Crippen LogP) is 0.625. The fraction of sp³-hybridized carbons (Fsp3) is 0.909. The van der Waals surface area contributed by atoms with Crippen molar-refractivity contribution in [3.05, 3.63) is 0 Å². The smallest absolute Gasteiger partial charge is 0.221 e. The molecular weight excluding hydrogens is 176 g/mol. The Morgan fingerprint density at radius 2 is 1.71 bits per heavy atom. The van der Waals surface area contributed by atoms with Crippen LogP contribution in [-0.4, -0.2) is 11.4 Å². The lowest BCUT2D eigenvalue weighted by molar-refractivity contribution is -0.135. The number of hydrogen-bond acceptors (Lipinski definition) is 2. The summed E-state index contributed by atoms with van der Waals surface area (Å²) in [5, 5.41) is 0. The minimum atomic E-state index is -0.0811. The Kier molecular flexibility index (Phi) is 1.56. The largest absolute Gasteiger partial charge is 0.369 e. The summed E-state index contributed by atoms with van der Waals surface area (Å²) in [6, 6.07) is 0. The van der Waals surface area contributed by atoms with Crippen molar-refractivity contribution < 1.29 is 4.79 Å². The van der Waals surface area contributed by atoms with Crippen LogP contribution in [0.2, 0.25) is 0 Å². The molecule has 0 aromatic carbocycles. The van der Waals surface area contributed by atoms with Crippen molar-refractivity contribution in [3.63, 3.8) is 0 Å². The van der Waals surface area contributed by atoms with E-state index in [1.165, 1.54) is 19.3 Å². The monoisotopic (exact) mass is 194 g/mol. The van der Waals surface area contributed by atoms with Gasteiger partial charge < -0.3 is 11.5 Å². The predicted molar refractivity (Wildman–Crippen MR) is 53.2 cm³/mol. The van der Waals surface area contributed by atoms with Gasteiger partial charge in [-0.2, -0.15) is 0 Å². The second kappa shape index (κ2) is 2.51. The van der Waals surface area contributed by atoms with Crippen LogP contribution in [0, 0.1) is 23.7 Å². The quantitative estimate of drug-likeness (QED) is 0.642. The Hall–Kier alpha value is -0.570. The molecule has 0 radical (unpaired) electrons. The zero-order chi connectivity index (χ0) is 9.92. The topological polar surface area (TPSA) is 69.1 Å². The Labute approximate surface area is 84.2 Å². The van der Waals surface area contributed by atoms with Crippen LogP contribution in [-0.2, 0) is 4.79 Å². The molecule has 4 saturated carbocycles. The molecule has 0 saturated heterocycles. The molecule has 0 spiro atoms. The summed E-state index contributed by atoms with van der Waals surface area (Å²) in [5.74, 6) is 1.85. The van der Waals surface area contributed by atoms with Crippen LogP contribution >= 0.6 is 0 Å². The molecule has 4 fully saturated rings. The Bertz CT molecular complexity index is 273. The van der Waals surface area contributed by atoms with E-state index in [0.717, 1.165) is 18.8 Å². The maximum atomic E-state index is 11.4. The summed E-state index contributed by atoms with van der Waals surface area (Å²) in [6.07, 6.45) is 5.65. The molecular formula is C11H18N2O. The maximum Gasteiger partial charge on any atom is 0.221 e. The molecule has 3 nitrogen and oxygen atoms in total. The van der Waals surface area contributed by atoms with Gasteiger partial charge in [0.2, 0.25) is 5.91 Å². The van der Waals surface area contributed by atoms with E-state index in [1.54, 1.807) is 0 Å². The Balaban J connectivity index is 1.93. The van der Waals surface area contributed by atoms with E-state index >= 15 is 0 Å². The van der Waals surface area contributed by atoms with Gasteiger partial charge in [-0.1, -0.05) is 0 Å². The van der Waals surface area contributed by atoms with Crippen molar-refractivity contribution in [2.24, 2.45) is 35.1 Å². The van der Waals surface area contributed by atoms with E-state index in [9.17, 15) is 4.79 Å². The molecule has 14 heavy (non-hydrogen) atoms. The van der Waals surface area contributed by atoms with Crippen molar-refractivity contribution in [1.82, 2.24) is 0 Å². The zero-order valence-electron chi connectivity index (χ0n) is 8.41. The minimum Gasteiger partial charge on any atom is -0.369 e. The zero-order valence-corrected chi connectivity index (χ0v) is 8.41. The lowest BCUT2D eigenvalue weighted by Gasteiger charge is -2.58. The molecule has 4 bridgehead atoms. The number of primary amides is 1. The third-order valence-electron chi connectivity index (χ3n) is 4.65. The standard InChI is InChI=1S/C11H18N2O/c12-10(14)9-7-1-6-2-8(9)5-11(13,3-6)4-7/h6-9H,1-5,13H2,(H2,12,14)/t6?,7-,8+,9?,11?. The second-order valence-corrected chi connectivity index (χ2v) is 5.76. The first-order chi connectivity index (χ1) is 6.57. The summed E-state index contributed by atoms with van der Waals surface area (Å²) in [5.41, 5.74) is 11.9. The number of amides is 1. The van der Waals surface area contributed by atoms with Gasteiger partial charge in [0, 0.05) is 11.5 Å². The highest BCUT2D eigenvalue weighted by Crippen LogP contribution is 2.57. The van der Waals surface area contributed by atoms with E-state index in [2.05, 4.69) is 0 Å². The summed E-state index contributed by atoms with van der Waals surface area (Å²) in [4.78, 5) is 11.4. The number of carbonyl (C=O) groups excluding carboxylic acids is 1. The van der Waals surface area contributed by atoms with E-state index in [4.69, 9.17) is 11.5 Å². The van der Waals surface area contributed by atoms with Gasteiger partial charge in [0.1, 0.15) is 0 Å². The number of hydrogen-bond donors (Lipinski definition) is 2. The third kappa shape index (κ3) is 1.05. The van der Waals surface area contributed by atoms with Gasteiger partial charge >= 0.3 is 0 Å². The first kappa shape index (κ1) is 8.72. The first-order valence-electron chi connectivity index (χ1n) is 5.66. The summed E-state index contributed by atoms with van der Waals surface area (Å²) in [7, 11) is 0. The Morgan fingerprint density at radius 3 is 2.14 bits per heavy atom. The maximum absolute atomic E-state index is 11.4. The summed E-state index contributed by atoms with van der Waals surface area (Å²) < 4.78 is 0. The molecule has 4 rings (SSSR count). The molecule has 0 heterocycles. The Morgan fingerprint density at radius 1 is 1.14 bits per heavy atom. The van der Waals surface area contributed by atoms with Crippen LogP contribution in [0.4, 0.5) is 0 Å². The minimum absolute atomic E-state index is 0.0580. The van der Waals surface area contributed by atoms with Crippen LogP contribution in [0.25, 0.3) is 0 Å². The third-order valence-corrected chi connectivity index (χ3v) is 4.65. The molecule has 4 aliphatic rings. The van der Waals surface area contributed by atoms with Gasteiger partial charge in [-0.3, -0.25) is 4.79 Å². The first-order valence-corrected chi connectivity index (χ1v) is 5.66. The lowest BCUT2D eigenvalue weighted by Crippen LogP contribution is -2.61. The highest BCUT2D eigenvalue weighted by atomic mass is 16.1. The van der Waals surface area contributed by atoms with Gasteiger partial charge in [-0.25, -0.2) is 0 Å². The van der Waals surface area contributed by atoms with E-state index in [1.807, 2.05) is 0 Å². The lowest BCUT2D eigenvalue weighted by atomic mass is 9.49. The fourth-order valence-electron chi connectivity index (χ4n) is 4.55. The summed E-state index contributed by atoms with van der Waals surface area (Å²) >= 11 is 0. The van der Waals surface area contributed by atoms with E-state index < -0.39 is 0 Å². The van der Waals surface area contributed by atoms with Crippen LogP contribution in [0.3, 0.4) is 0 Å². The van der Waals surface area contributed by atoms with Crippen molar-refractivity contribution >= 4 is 5.91 Å². The van der Waals surface area contributed by atoms with Gasteiger partial charge in [-0.15, -0.1) is 0 Å². The molecule has 3 unspecified atom stereocenters. The van der Waals surface area contributed by atoms with Gasteiger partial charge in [-0.05, 0) is 49.9 Å². The number of rotatable bonds is 1. The average molecular weight is 194 g/mol. The molecule has 4 aliphatic carbocycles. The van der Waals surface area contributed by atoms with Crippen molar-refractivity contribution in [1.29, 1.82) is 0 Å². The van der Waals surface area contributed by atoms with Crippen molar-refractivity contribution in [3.8, 4) is 0 Å². The van der Waals surface area contributed by atoms with Crippen LogP contribution in [0.5, 0.6) is 0 Å². The van der Waals surface area contributed by atoms with Gasteiger partial charge in [0.15, 0.2) is 0 Å². The SMILES string of the molecule is NC(=O)C1[C@@H]2CC3C[C@H]1CC(N)(C3)C2. The average Bonchev–Trinajstić information content (AvgIpc) is 1.97.